The Morgan fingerprint density at radius 1 is 1.16 bits per heavy atom. The highest BCUT2D eigenvalue weighted by Crippen LogP contribution is 2.11. The fraction of sp³-hybridized carbons (Fsp3) is 0.214. The molecule has 5 heteroatoms. The number of carbonyl (C=O) groups is 1. The van der Waals surface area contributed by atoms with Gasteiger partial charge in [-0.2, -0.15) is 5.10 Å². The van der Waals surface area contributed by atoms with Crippen molar-refractivity contribution in [2.24, 2.45) is 0 Å². The van der Waals surface area contributed by atoms with E-state index in [1.54, 1.807) is 26.0 Å². The van der Waals surface area contributed by atoms with E-state index < -0.39 is 11.5 Å². The van der Waals surface area contributed by atoms with Crippen molar-refractivity contribution in [3.63, 3.8) is 0 Å². The molecule has 0 aliphatic heterocycles. The van der Waals surface area contributed by atoms with E-state index in [0.717, 1.165) is 5.56 Å². The molecule has 0 spiro atoms. The molecule has 0 saturated carbocycles. The maximum absolute atomic E-state index is 12.1. The van der Waals surface area contributed by atoms with Gasteiger partial charge in [0.15, 0.2) is 0 Å². The van der Waals surface area contributed by atoms with Gasteiger partial charge in [-0.3, -0.25) is 9.59 Å². The first-order valence-electron chi connectivity index (χ1n) is 5.93. The summed E-state index contributed by atoms with van der Waals surface area (Å²) in [5, 5.41) is 8.85. The molecule has 0 aliphatic carbocycles. The van der Waals surface area contributed by atoms with E-state index in [1.807, 2.05) is 19.1 Å². The first-order chi connectivity index (χ1) is 8.99. The van der Waals surface area contributed by atoms with Crippen LogP contribution in [-0.2, 0) is 0 Å². The number of nitrogens with one attached hydrogen (secondary N) is 2. The first kappa shape index (κ1) is 13.0. The quantitative estimate of drug-likeness (QED) is 0.863. The van der Waals surface area contributed by atoms with E-state index in [1.165, 1.54) is 0 Å². The van der Waals surface area contributed by atoms with Gasteiger partial charge >= 0.3 is 0 Å². The van der Waals surface area contributed by atoms with E-state index >= 15 is 0 Å². The Balaban J connectivity index is 2.33. The zero-order valence-corrected chi connectivity index (χ0v) is 11.1. The normalized spacial score (nSPS) is 10.3. The lowest BCUT2D eigenvalue weighted by molar-refractivity contribution is 0.102. The Morgan fingerprint density at radius 3 is 2.42 bits per heavy atom. The second-order valence-corrected chi connectivity index (χ2v) is 4.46. The standard InChI is InChI=1S/C14H15N3O2/c1-8-4-6-11(7-5-8)15-13(18)12-9(2)10(3)16-17-14(12)19/h4-7H,1-3H3,(H,15,18)(H,17,19). The fourth-order valence-electron chi connectivity index (χ4n) is 1.73. The Bertz CT molecular complexity index is 672. The van der Waals surface area contributed by atoms with Gasteiger partial charge in [0, 0.05) is 5.69 Å². The predicted octanol–water partition coefficient (Wildman–Crippen LogP) is 1.95. The molecule has 0 unspecified atom stereocenters. The van der Waals surface area contributed by atoms with Crippen LogP contribution < -0.4 is 10.9 Å². The number of hydrogen-bond acceptors (Lipinski definition) is 3. The number of anilines is 1. The van der Waals surface area contributed by atoms with Gasteiger partial charge in [0.25, 0.3) is 11.5 Å². The average molecular weight is 257 g/mol. The van der Waals surface area contributed by atoms with Gasteiger partial charge in [0.1, 0.15) is 5.56 Å². The third-order valence-electron chi connectivity index (χ3n) is 3.01. The highest BCUT2D eigenvalue weighted by molar-refractivity contribution is 6.05. The summed E-state index contributed by atoms with van der Waals surface area (Å²) in [7, 11) is 0. The molecule has 0 atom stereocenters. The van der Waals surface area contributed by atoms with Gasteiger partial charge in [0.2, 0.25) is 0 Å². The van der Waals surface area contributed by atoms with Crippen molar-refractivity contribution in [2.45, 2.75) is 20.8 Å². The lowest BCUT2D eigenvalue weighted by Gasteiger charge is -2.08. The number of hydrogen-bond donors (Lipinski definition) is 2. The maximum atomic E-state index is 12.1. The van der Waals surface area contributed by atoms with E-state index in [4.69, 9.17) is 0 Å². The molecule has 0 bridgehead atoms. The van der Waals surface area contributed by atoms with Crippen LogP contribution >= 0.6 is 0 Å². The molecule has 1 heterocycles. The highest BCUT2D eigenvalue weighted by atomic mass is 16.2. The molecule has 1 aromatic heterocycles. The molecule has 2 N–H and O–H groups in total. The van der Waals surface area contributed by atoms with Crippen molar-refractivity contribution in [2.75, 3.05) is 5.32 Å². The van der Waals surface area contributed by atoms with Crippen LogP contribution in [0, 0.1) is 20.8 Å². The molecular formula is C14H15N3O2. The summed E-state index contributed by atoms with van der Waals surface area (Å²) >= 11 is 0. The number of benzene rings is 1. The minimum absolute atomic E-state index is 0.105. The number of H-pyrrole nitrogens is 1. The summed E-state index contributed by atoms with van der Waals surface area (Å²) in [6, 6.07) is 7.38. The molecule has 98 valence electrons. The van der Waals surface area contributed by atoms with Crippen molar-refractivity contribution >= 4 is 11.6 Å². The van der Waals surface area contributed by atoms with Crippen LogP contribution in [0.15, 0.2) is 29.1 Å². The summed E-state index contributed by atoms with van der Waals surface area (Å²) < 4.78 is 0. The third-order valence-corrected chi connectivity index (χ3v) is 3.01. The predicted molar refractivity (Wildman–Crippen MR) is 73.5 cm³/mol. The molecule has 5 nitrogen and oxygen atoms in total. The second-order valence-electron chi connectivity index (χ2n) is 4.46. The van der Waals surface area contributed by atoms with E-state index in [-0.39, 0.29) is 5.56 Å². The van der Waals surface area contributed by atoms with Gasteiger partial charge in [-0.1, -0.05) is 17.7 Å². The monoisotopic (exact) mass is 257 g/mol. The molecule has 0 radical (unpaired) electrons. The molecule has 0 saturated heterocycles. The van der Waals surface area contributed by atoms with E-state index in [9.17, 15) is 9.59 Å². The summed E-state index contributed by atoms with van der Waals surface area (Å²) in [4.78, 5) is 23.8. The molecule has 1 amide bonds. The number of rotatable bonds is 2. The largest absolute Gasteiger partial charge is 0.322 e. The minimum Gasteiger partial charge on any atom is -0.322 e. The lowest BCUT2D eigenvalue weighted by Crippen LogP contribution is -2.26. The number of aryl methyl sites for hydroxylation is 2. The Labute approximate surface area is 110 Å². The third kappa shape index (κ3) is 2.70. The topological polar surface area (TPSA) is 74.8 Å². The number of aromatic nitrogens is 2. The smallest absolute Gasteiger partial charge is 0.277 e. The van der Waals surface area contributed by atoms with Crippen LogP contribution in [0.4, 0.5) is 5.69 Å². The van der Waals surface area contributed by atoms with Crippen molar-refractivity contribution in [1.29, 1.82) is 0 Å². The van der Waals surface area contributed by atoms with Crippen molar-refractivity contribution in [3.05, 3.63) is 57.0 Å². The minimum atomic E-state index is -0.479. The molecule has 0 fully saturated rings. The van der Waals surface area contributed by atoms with Gasteiger partial charge in [-0.05, 0) is 38.5 Å². The number of nitrogens with zero attached hydrogens (tertiary/aromatic N) is 1. The van der Waals surface area contributed by atoms with Gasteiger partial charge in [-0.15, -0.1) is 0 Å². The Hall–Kier alpha value is -2.43. The SMILES string of the molecule is Cc1ccc(NC(=O)c2c(C)c(C)n[nH]c2=O)cc1. The molecule has 2 rings (SSSR count). The number of amides is 1. The molecule has 1 aromatic carbocycles. The number of carbonyl (C=O) groups excluding carboxylic acids is 1. The van der Waals surface area contributed by atoms with Gasteiger partial charge in [0.05, 0.1) is 5.69 Å². The van der Waals surface area contributed by atoms with Crippen LogP contribution in [0.3, 0.4) is 0 Å². The maximum Gasteiger partial charge on any atom is 0.277 e. The van der Waals surface area contributed by atoms with Crippen molar-refractivity contribution < 1.29 is 4.79 Å². The average Bonchev–Trinajstić information content (AvgIpc) is 2.37. The molecule has 0 aliphatic rings. The van der Waals surface area contributed by atoms with Crippen LogP contribution in [0.25, 0.3) is 0 Å². The van der Waals surface area contributed by atoms with E-state index in [0.29, 0.717) is 16.9 Å². The molecular weight excluding hydrogens is 242 g/mol. The lowest BCUT2D eigenvalue weighted by atomic mass is 10.1. The Morgan fingerprint density at radius 2 is 1.79 bits per heavy atom. The van der Waals surface area contributed by atoms with E-state index in [2.05, 4.69) is 15.5 Å². The van der Waals surface area contributed by atoms with Crippen LogP contribution in [0.1, 0.15) is 27.2 Å². The molecule has 19 heavy (non-hydrogen) atoms. The van der Waals surface area contributed by atoms with Crippen molar-refractivity contribution in [3.8, 4) is 0 Å². The zero-order valence-electron chi connectivity index (χ0n) is 11.1. The van der Waals surface area contributed by atoms with Gasteiger partial charge < -0.3 is 5.32 Å². The van der Waals surface area contributed by atoms with Crippen molar-refractivity contribution in [1.82, 2.24) is 10.2 Å². The number of aromatic amines is 1. The first-order valence-corrected chi connectivity index (χ1v) is 5.93. The molecule has 2 aromatic rings. The summed E-state index contributed by atoms with van der Waals surface area (Å²) in [6.07, 6.45) is 0. The Kier molecular flexibility index (Phi) is 3.46. The van der Waals surface area contributed by atoms with Crippen LogP contribution in [0.5, 0.6) is 0 Å². The second kappa shape index (κ2) is 5.06. The highest BCUT2D eigenvalue weighted by Gasteiger charge is 2.16. The summed E-state index contributed by atoms with van der Waals surface area (Å²) in [5.74, 6) is -0.423. The summed E-state index contributed by atoms with van der Waals surface area (Å²) in [6.45, 7) is 5.42. The fourth-order valence-corrected chi connectivity index (χ4v) is 1.73. The van der Waals surface area contributed by atoms with Crippen LogP contribution in [0.2, 0.25) is 0 Å². The van der Waals surface area contributed by atoms with Crippen LogP contribution in [-0.4, -0.2) is 16.1 Å². The zero-order chi connectivity index (χ0) is 14.0. The van der Waals surface area contributed by atoms with Gasteiger partial charge in [-0.25, -0.2) is 5.10 Å². The summed E-state index contributed by atoms with van der Waals surface area (Å²) in [5.41, 5.74) is 2.61.